The van der Waals surface area contributed by atoms with Gasteiger partial charge >= 0.3 is 5.13 Å². The lowest BCUT2D eigenvalue weighted by atomic mass is 10.1. The number of anilines is 1. The van der Waals surface area contributed by atoms with E-state index in [0.29, 0.717) is 0 Å². The number of phenolic OH excluding ortho intramolecular Hbond substituents is 1. The summed E-state index contributed by atoms with van der Waals surface area (Å²) >= 11 is 1.71. The first-order valence-corrected chi connectivity index (χ1v) is 10.7. The SMILES string of the molecule is Cc1sc(NN=Cc2ccc(O)cc2)[n+](CCc2ccccc2)c1-c1ccccc1. The molecule has 5 heteroatoms. The van der Waals surface area contributed by atoms with Crippen molar-refractivity contribution in [1.82, 2.24) is 0 Å². The maximum Gasteiger partial charge on any atom is 0.359 e. The quantitative estimate of drug-likeness (QED) is 0.241. The number of hydrogen-bond donors (Lipinski definition) is 2. The van der Waals surface area contributed by atoms with Crippen LogP contribution in [0, 0.1) is 6.92 Å². The Hall–Kier alpha value is -3.44. The molecule has 2 N–H and O–H groups in total. The van der Waals surface area contributed by atoms with Gasteiger partial charge in [-0.15, -0.1) is 5.43 Å². The van der Waals surface area contributed by atoms with E-state index >= 15 is 0 Å². The minimum Gasteiger partial charge on any atom is -0.508 e. The highest BCUT2D eigenvalue weighted by atomic mass is 32.1. The number of thiazole rings is 1. The lowest BCUT2D eigenvalue weighted by Gasteiger charge is -2.06. The molecule has 0 aliphatic carbocycles. The summed E-state index contributed by atoms with van der Waals surface area (Å²) in [5.41, 5.74) is 7.89. The highest BCUT2D eigenvalue weighted by Gasteiger charge is 2.22. The third-order valence-electron chi connectivity index (χ3n) is 4.88. The molecule has 0 saturated carbocycles. The Labute approximate surface area is 180 Å². The standard InChI is InChI=1S/C25H23N3OS/c1-19-24(22-10-6-3-7-11-22)28(17-16-20-8-4-2-5-9-20)25(30-19)27-26-18-21-12-14-23(29)15-13-21/h2-15,18H,16-17H2,1H3,(H,26,29)/p+1. The monoisotopic (exact) mass is 414 g/mol. The Balaban J connectivity index is 1.62. The molecule has 4 nitrogen and oxygen atoms in total. The maximum atomic E-state index is 9.43. The molecule has 0 radical (unpaired) electrons. The van der Waals surface area contributed by atoms with Gasteiger partial charge in [0.25, 0.3) is 0 Å². The maximum absolute atomic E-state index is 9.43. The molecule has 0 saturated heterocycles. The summed E-state index contributed by atoms with van der Waals surface area (Å²) in [7, 11) is 0. The largest absolute Gasteiger partial charge is 0.508 e. The molecule has 0 amide bonds. The number of benzene rings is 3. The van der Waals surface area contributed by atoms with Gasteiger partial charge in [-0.2, -0.15) is 0 Å². The van der Waals surface area contributed by atoms with E-state index in [1.807, 2.05) is 24.3 Å². The number of nitrogens with one attached hydrogen (secondary N) is 1. The third-order valence-corrected chi connectivity index (χ3v) is 5.88. The number of phenols is 1. The van der Waals surface area contributed by atoms with Crippen molar-refractivity contribution in [3.63, 3.8) is 0 Å². The molecular weight excluding hydrogens is 390 g/mol. The van der Waals surface area contributed by atoms with Crippen molar-refractivity contribution in [3.8, 4) is 17.0 Å². The zero-order chi connectivity index (χ0) is 20.8. The Bertz CT molecular complexity index is 1120. The summed E-state index contributed by atoms with van der Waals surface area (Å²) in [6, 6.07) is 28.0. The Morgan fingerprint density at radius 2 is 1.60 bits per heavy atom. The van der Waals surface area contributed by atoms with E-state index in [4.69, 9.17) is 0 Å². The zero-order valence-corrected chi connectivity index (χ0v) is 17.6. The van der Waals surface area contributed by atoms with Gasteiger partial charge in [-0.3, -0.25) is 0 Å². The summed E-state index contributed by atoms with van der Waals surface area (Å²) in [6.45, 7) is 3.01. The average Bonchev–Trinajstić information content (AvgIpc) is 3.10. The van der Waals surface area contributed by atoms with E-state index in [-0.39, 0.29) is 5.75 Å². The smallest absolute Gasteiger partial charge is 0.359 e. The topological polar surface area (TPSA) is 48.5 Å². The number of nitrogens with zero attached hydrogens (tertiary/aromatic N) is 2. The fraction of sp³-hybridized carbons (Fsp3) is 0.120. The van der Waals surface area contributed by atoms with Gasteiger partial charge in [0.2, 0.25) is 0 Å². The highest BCUT2D eigenvalue weighted by molar-refractivity contribution is 7.15. The number of aromatic hydroxyl groups is 1. The normalized spacial score (nSPS) is 11.1. The lowest BCUT2D eigenvalue weighted by Crippen LogP contribution is -2.37. The van der Waals surface area contributed by atoms with Crippen molar-refractivity contribution >= 4 is 22.7 Å². The molecule has 1 heterocycles. The Morgan fingerprint density at radius 3 is 2.30 bits per heavy atom. The number of hydrogen-bond acceptors (Lipinski definition) is 4. The minimum absolute atomic E-state index is 0.250. The van der Waals surface area contributed by atoms with Crippen LogP contribution in [0.1, 0.15) is 16.0 Å². The van der Waals surface area contributed by atoms with Crippen molar-refractivity contribution in [2.45, 2.75) is 19.9 Å². The van der Waals surface area contributed by atoms with Crippen LogP contribution < -0.4 is 9.99 Å². The molecule has 0 unspecified atom stereocenters. The summed E-state index contributed by atoms with van der Waals surface area (Å²) in [6.07, 6.45) is 2.70. The van der Waals surface area contributed by atoms with E-state index in [9.17, 15) is 5.11 Å². The van der Waals surface area contributed by atoms with Gasteiger partial charge in [-0.1, -0.05) is 65.8 Å². The summed E-state index contributed by atoms with van der Waals surface area (Å²) in [5.74, 6) is 0.250. The third kappa shape index (κ3) is 4.75. The molecule has 0 fully saturated rings. The van der Waals surface area contributed by atoms with E-state index in [1.54, 1.807) is 29.7 Å². The van der Waals surface area contributed by atoms with Crippen LogP contribution in [0.15, 0.2) is 90.0 Å². The molecule has 4 aromatic rings. The Morgan fingerprint density at radius 1 is 0.933 bits per heavy atom. The highest BCUT2D eigenvalue weighted by Crippen LogP contribution is 2.29. The van der Waals surface area contributed by atoms with Crippen molar-refractivity contribution in [3.05, 3.63) is 101 Å². The van der Waals surface area contributed by atoms with Crippen LogP contribution in [-0.4, -0.2) is 11.3 Å². The van der Waals surface area contributed by atoms with Crippen LogP contribution >= 0.6 is 11.3 Å². The second kappa shape index (κ2) is 9.37. The Kier molecular flexibility index (Phi) is 6.20. The van der Waals surface area contributed by atoms with Gasteiger partial charge in [0.05, 0.1) is 17.6 Å². The average molecular weight is 415 g/mol. The van der Waals surface area contributed by atoms with Crippen molar-refractivity contribution in [2.75, 3.05) is 5.43 Å². The predicted octanol–water partition coefficient (Wildman–Crippen LogP) is 5.41. The number of rotatable bonds is 7. The summed E-state index contributed by atoms with van der Waals surface area (Å²) in [4.78, 5) is 1.25. The first-order chi connectivity index (χ1) is 14.7. The minimum atomic E-state index is 0.250. The summed E-state index contributed by atoms with van der Waals surface area (Å²) < 4.78 is 2.32. The van der Waals surface area contributed by atoms with Crippen LogP contribution in [0.2, 0.25) is 0 Å². The molecule has 150 valence electrons. The molecule has 3 aromatic carbocycles. The molecular formula is C25H24N3OS+. The first kappa shape index (κ1) is 19.9. The van der Waals surface area contributed by atoms with Crippen LogP contribution in [0.25, 0.3) is 11.3 Å². The van der Waals surface area contributed by atoms with Gasteiger partial charge in [-0.05, 0) is 53.7 Å². The molecule has 0 bridgehead atoms. The van der Waals surface area contributed by atoms with Crippen LogP contribution in [-0.2, 0) is 13.0 Å². The molecule has 0 atom stereocenters. The molecule has 1 aromatic heterocycles. The van der Waals surface area contributed by atoms with Gasteiger partial charge in [-0.25, -0.2) is 4.57 Å². The molecule has 0 spiro atoms. The van der Waals surface area contributed by atoms with E-state index in [0.717, 1.165) is 23.7 Å². The zero-order valence-electron chi connectivity index (χ0n) is 16.8. The van der Waals surface area contributed by atoms with Crippen molar-refractivity contribution in [1.29, 1.82) is 0 Å². The number of aryl methyl sites for hydroxylation is 2. The fourth-order valence-corrected chi connectivity index (χ4v) is 4.41. The van der Waals surface area contributed by atoms with Gasteiger partial charge < -0.3 is 5.11 Å². The second-order valence-corrected chi connectivity index (χ2v) is 8.23. The second-order valence-electron chi connectivity index (χ2n) is 7.03. The fourth-order valence-electron chi connectivity index (χ4n) is 3.40. The van der Waals surface area contributed by atoms with E-state index in [1.165, 1.54) is 21.7 Å². The number of hydrazone groups is 1. The van der Waals surface area contributed by atoms with Crippen molar-refractivity contribution < 1.29 is 9.67 Å². The first-order valence-electron chi connectivity index (χ1n) is 9.91. The van der Waals surface area contributed by atoms with Gasteiger partial charge in [0.15, 0.2) is 0 Å². The van der Waals surface area contributed by atoms with Crippen LogP contribution in [0.5, 0.6) is 5.75 Å². The van der Waals surface area contributed by atoms with Crippen LogP contribution in [0.3, 0.4) is 0 Å². The van der Waals surface area contributed by atoms with E-state index < -0.39 is 0 Å². The van der Waals surface area contributed by atoms with Crippen molar-refractivity contribution in [2.24, 2.45) is 5.10 Å². The molecule has 30 heavy (non-hydrogen) atoms. The molecule has 0 aliphatic heterocycles. The van der Waals surface area contributed by atoms with Crippen LogP contribution in [0.4, 0.5) is 5.13 Å². The van der Waals surface area contributed by atoms with Gasteiger partial charge in [0.1, 0.15) is 11.4 Å². The van der Waals surface area contributed by atoms with Gasteiger partial charge in [0, 0.05) is 12.0 Å². The molecule has 0 aliphatic rings. The lowest BCUT2D eigenvalue weighted by molar-refractivity contribution is -0.668. The predicted molar refractivity (Wildman–Crippen MR) is 124 cm³/mol. The molecule has 4 rings (SSSR count). The summed E-state index contributed by atoms with van der Waals surface area (Å²) in [5, 5.41) is 14.9. The number of aromatic nitrogens is 1. The van der Waals surface area contributed by atoms with E-state index in [2.05, 4.69) is 70.5 Å².